The topological polar surface area (TPSA) is 22.9 Å². The van der Waals surface area contributed by atoms with Crippen LogP contribution in [0.5, 0.6) is 0 Å². The quantitative estimate of drug-likeness (QED) is 0.136. The number of fused-ring (bicyclic) bond motifs is 7. The van der Waals surface area contributed by atoms with Gasteiger partial charge in [-0.15, -0.1) is 11.3 Å². The average Bonchev–Trinajstić information content (AvgIpc) is 3.98. The van der Waals surface area contributed by atoms with Crippen LogP contribution < -0.4 is 14.7 Å². The van der Waals surface area contributed by atoms with Crippen LogP contribution in [0.4, 0.5) is 51.2 Å². The maximum Gasteiger partial charge on any atom is 0.137 e. The number of anilines is 9. The van der Waals surface area contributed by atoms with Crippen molar-refractivity contribution >= 4 is 115 Å². The smallest absolute Gasteiger partial charge is 0.137 e. The molecule has 0 atom stereocenters. The zero-order valence-corrected chi connectivity index (χ0v) is 38.3. The number of hydrogen-bond acceptors (Lipinski definition) is 5. The summed E-state index contributed by atoms with van der Waals surface area (Å²) in [6.45, 7) is 0. The molecule has 13 aromatic rings. The number of nitrogens with zero attached hydrogens (tertiary/aromatic N) is 3. The van der Waals surface area contributed by atoms with Gasteiger partial charge in [0.1, 0.15) is 11.2 Å². The van der Waals surface area contributed by atoms with Crippen molar-refractivity contribution in [3.63, 3.8) is 0 Å². The summed E-state index contributed by atoms with van der Waals surface area (Å²) >= 11 is 1.84. The summed E-state index contributed by atoms with van der Waals surface area (Å²) in [6, 6.07) is 93.6. The second kappa shape index (κ2) is 17.1. The van der Waals surface area contributed by atoms with Crippen LogP contribution >= 0.6 is 11.3 Å². The summed E-state index contributed by atoms with van der Waals surface area (Å²) in [5, 5.41) is 7.01. The van der Waals surface area contributed by atoms with E-state index in [4.69, 9.17) is 4.42 Å². The molecular weight excluding hydrogens is 859 g/mol. The maximum absolute atomic E-state index is 6.58. The van der Waals surface area contributed by atoms with E-state index in [1.54, 1.807) is 0 Å². The highest BCUT2D eigenvalue weighted by Gasteiger charge is 2.25. The molecule has 0 amide bonds. The van der Waals surface area contributed by atoms with Crippen LogP contribution in [-0.2, 0) is 0 Å². The van der Waals surface area contributed by atoms with Crippen molar-refractivity contribution < 1.29 is 4.42 Å². The number of benzene rings is 11. The van der Waals surface area contributed by atoms with Gasteiger partial charge in [-0.05, 0) is 132 Å². The summed E-state index contributed by atoms with van der Waals surface area (Å²) in [5.41, 5.74) is 13.7. The molecule has 0 saturated carbocycles. The Balaban J connectivity index is 0.969. The lowest BCUT2D eigenvalue weighted by molar-refractivity contribution is 0.669. The van der Waals surface area contributed by atoms with Gasteiger partial charge >= 0.3 is 0 Å². The van der Waals surface area contributed by atoms with Crippen molar-refractivity contribution in [1.29, 1.82) is 0 Å². The molecule has 0 radical (unpaired) electrons. The van der Waals surface area contributed by atoms with Crippen LogP contribution in [0.1, 0.15) is 0 Å². The Morgan fingerprint density at radius 3 is 1.46 bits per heavy atom. The second-order valence-electron chi connectivity index (χ2n) is 17.3. The molecule has 0 spiro atoms. The molecular formula is C64H43N3OS. The van der Waals surface area contributed by atoms with E-state index < -0.39 is 0 Å². The molecule has 13 rings (SSSR count). The normalized spacial score (nSPS) is 11.5. The summed E-state index contributed by atoms with van der Waals surface area (Å²) in [7, 11) is 0. The van der Waals surface area contributed by atoms with Crippen molar-refractivity contribution in [2.24, 2.45) is 0 Å². The summed E-state index contributed by atoms with van der Waals surface area (Å²) in [6.07, 6.45) is 0. The highest BCUT2D eigenvalue weighted by atomic mass is 32.1. The molecule has 4 nitrogen and oxygen atoms in total. The Kier molecular flexibility index (Phi) is 9.99. The minimum atomic E-state index is 0.846. The summed E-state index contributed by atoms with van der Waals surface area (Å²) in [5.74, 6) is 0. The number of furan rings is 1. The first-order chi connectivity index (χ1) is 34.2. The van der Waals surface area contributed by atoms with E-state index in [9.17, 15) is 0 Å². The highest BCUT2D eigenvalue weighted by Crippen LogP contribution is 2.49. The molecule has 2 heterocycles. The van der Waals surface area contributed by atoms with Crippen LogP contribution in [-0.4, -0.2) is 0 Å². The molecule has 2 aromatic heterocycles. The van der Waals surface area contributed by atoms with Crippen molar-refractivity contribution in [2.45, 2.75) is 0 Å². The highest BCUT2D eigenvalue weighted by molar-refractivity contribution is 7.25. The molecule has 326 valence electrons. The van der Waals surface area contributed by atoms with Gasteiger partial charge in [0.25, 0.3) is 0 Å². The SMILES string of the molecule is c1ccc(N(c2ccccc2)c2ccc(-c3ccc4sc5ccc(N(c6ccc7c(c6)oc6ccccc67)c6ccccc6N(c6ccccc6)c6cccc7ccccc67)cc5c4c3)cc2)cc1. The monoisotopic (exact) mass is 901 g/mol. The summed E-state index contributed by atoms with van der Waals surface area (Å²) < 4.78 is 9.07. The first kappa shape index (κ1) is 40.4. The fourth-order valence-electron chi connectivity index (χ4n) is 10.00. The lowest BCUT2D eigenvalue weighted by Gasteiger charge is -2.33. The number of hydrogen-bond donors (Lipinski definition) is 0. The van der Waals surface area contributed by atoms with Gasteiger partial charge in [-0.2, -0.15) is 0 Å². The Morgan fingerprint density at radius 1 is 0.261 bits per heavy atom. The third-order valence-corrected chi connectivity index (χ3v) is 14.4. The zero-order valence-electron chi connectivity index (χ0n) is 37.5. The van der Waals surface area contributed by atoms with E-state index in [1.807, 2.05) is 23.5 Å². The van der Waals surface area contributed by atoms with Gasteiger partial charge in [0.05, 0.1) is 17.1 Å². The average molecular weight is 902 g/mol. The molecule has 0 fully saturated rings. The number of para-hydroxylation sites is 6. The third-order valence-electron chi connectivity index (χ3n) is 13.2. The van der Waals surface area contributed by atoms with Gasteiger partial charge in [-0.25, -0.2) is 0 Å². The second-order valence-corrected chi connectivity index (χ2v) is 18.4. The first-order valence-electron chi connectivity index (χ1n) is 23.3. The standard InChI is InChI=1S/C64H43N3OS/c1-4-19-47(20-5-1)65(48-21-6-2-7-22-48)50-34-31-44(32-35-50)46-33-39-63-56(41-46)57-42-51(37-40-64(57)69-63)66(52-36-38-55-54-26-12-15-30-61(54)68-62(55)43-52)59-27-13-14-28-60(59)67(49-23-8-3-9-24-49)58-29-16-18-45-17-10-11-25-53(45)58/h1-43H. The molecule has 0 bridgehead atoms. The third kappa shape index (κ3) is 7.24. The van der Waals surface area contributed by atoms with Crippen LogP contribution in [0.2, 0.25) is 0 Å². The first-order valence-corrected chi connectivity index (χ1v) is 24.1. The van der Waals surface area contributed by atoms with E-state index in [1.165, 1.54) is 42.1 Å². The Morgan fingerprint density at radius 2 is 0.739 bits per heavy atom. The predicted molar refractivity (Wildman–Crippen MR) is 294 cm³/mol. The number of thiophene rings is 1. The van der Waals surface area contributed by atoms with Crippen molar-refractivity contribution in [3.8, 4) is 11.1 Å². The molecule has 0 aliphatic carbocycles. The lowest BCUT2D eigenvalue weighted by Crippen LogP contribution is -2.17. The largest absolute Gasteiger partial charge is 0.456 e. The minimum absolute atomic E-state index is 0.846. The molecule has 0 N–H and O–H groups in total. The van der Waals surface area contributed by atoms with Crippen LogP contribution in [0.25, 0.3) is 64.0 Å². The molecule has 69 heavy (non-hydrogen) atoms. The molecule has 5 heteroatoms. The van der Waals surface area contributed by atoms with Crippen molar-refractivity contribution in [2.75, 3.05) is 14.7 Å². The van der Waals surface area contributed by atoms with Gasteiger partial charge in [0, 0.05) is 76.5 Å². The van der Waals surface area contributed by atoms with Crippen molar-refractivity contribution in [3.05, 3.63) is 261 Å². The fourth-order valence-corrected chi connectivity index (χ4v) is 11.1. The minimum Gasteiger partial charge on any atom is -0.456 e. The Labute approximate surface area is 404 Å². The molecule has 0 unspecified atom stereocenters. The molecule has 0 aliphatic heterocycles. The van der Waals surface area contributed by atoms with Gasteiger partial charge in [0.2, 0.25) is 0 Å². The Hall–Kier alpha value is -8.90. The van der Waals surface area contributed by atoms with E-state index in [2.05, 4.69) is 263 Å². The van der Waals surface area contributed by atoms with E-state index in [0.29, 0.717) is 0 Å². The van der Waals surface area contributed by atoms with Crippen molar-refractivity contribution in [1.82, 2.24) is 0 Å². The van der Waals surface area contributed by atoms with Gasteiger partial charge in [0.15, 0.2) is 0 Å². The van der Waals surface area contributed by atoms with Crippen LogP contribution in [0.15, 0.2) is 265 Å². The van der Waals surface area contributed by atoms with Gasteiger partial charge in [-0.3, -0.25) is 0 Å². The zero-order chi connectivity index (χ0) is 45.7. The lowest BCUT2D eigenvalue weighted by atomic mass is 10.0. The molecule has 11 aromatic carbocycles. The van der Waals surface area contributed by atoms with Gasteiger partial charge in [-0.1, -0.05) is 140 Å². The van der Waals surface area contributed by atoms with E-state index in [-0.39, 0.29) is 0 Å². The number of rotatable bonds is 10. The van der Waals surface area contributed by atoms with E-state index in [0.717, 1.165) is 73.1 Å². The Bertz CT molecular complexity index is 3930. The maximum atomic E-state index is 6.58. The van der Waals surface area contributed by atoms with Crippen LogP contribution in [0.3, 0.4) is 0 Å². The van der Waals surface area contributed by atoms with Crippen LogP contribution in [0, 0.1) is 0 Å². The predicted octanol–water partition coefficient (Wildman–Crippen LogP) is 19.2. The molecule has 0 aliphatic rings. The summed E-state index contributed by atoms with van der Waals surface area (Å²) in [4.78, 5) is 7.11. The molecule has 0 saturated heterocycles. The van der Waals surface area contributed by atoms with E-state index >= 15 is 0 Å². The fraction of sp³-hybridized carbons (Fsp3) is 0. The van der Waals surface area contributed by atoms with Gasteiger partial charge < -0.3 is 19.1 Å².